The van der Waals surface area contributed by atoms with Crippen molar-refractivity contribution in [3.8, 4) is 16.9 Å². The Morgan fingerprint density at radius 1 is 1.09 bits per heavy atom. The molecule has 0 amide bonds. The van der Waals surface area contributed by atoms with Gasteiger partial charge in [0.2, 0.25) is 0 Å². The van der Waals surface area contributed by atoms with Gasteiger partial charge in [-0.15, -0.1) is 0 Å². The van der Waals surface area contributed by atoms with Gasteiger partial charge in [0.1, 0.15) is 11.3 Å². The zero-order chi connectivity index (χ0) is 16.4. The van der Waals surface area contributed by atoms with Gasteiger partial charge in [-0.2, -0.15) is 0 Å². The van der Waals surface area contributed by atoms with Crippen LogP contribution in [-0.2, 0) is 0 Å². The summed E-state index contributed by atoms with van der Waals surface area (Å²) in [5.41, 5.74) is 3.14. The van der Waals surface area contributed by atoms with Crippen molar-refractivity contribution in [2.45, 2.75) is 20.8 Å². The topological polar surface area (TPSA) is 39.4 Å². The minimum atomic E-state index is -0.350. The second-order valence-corrected chi connectivity index (χ2v) is 6.16. The summed E-state index contributed by atoms with van der Waals surface area (Å²) in [5, 5.41) is 0.952. The zero-order valence-electron chi connectivity index (χ0n) is 13.6. The van der Waals surface area contributed by atoms with Crippen LogP contribution < -0.4 is 10.4 Å². The molecule has 2 aromatic carbocycles. The van der Waals surface area contributed by atoms with Gasteiger partial charge in [0.15, 0.2) is 0 Å². The molecule has 23 heavy (non-hydrogen) atoms. The van der Waals surface area contributed by atoms with Gasteiger partial charge < -0.3 is 9.15 Å². The molecule has 0 bridgehead atoms. The van der Waals surface area contributed by atoms with E-state index in [-0.39, 0.29) is 5.63 Å². The highest BCUT2D eigenvalue weighted by Crippen LogP contribution is 2.32. The summed E-state index contributed by atoms with van der Waals surface area (Å²) in [6.07, 6.45) is 0. The number of hydrogen-bond donors (Lipinski definition) is 0. The van der Waals surface area contributed by atoms with Crippen LogP contribution in [0.5, 0.6) is 5.75 Å². The van der Waals surface area contributed by atoms with Crippen molar-refractivity contribution in [3.63, 3.8) is 0 Å². The van der Waals surface area contributed by atoms with Crippen LogP contribution >= 0.6 is 0 Å². The van der Waals surface area contributed by atoms with E-state index >= 15 is 0 Å². The van der Waals surface area contributed by atoms with E-state index in [1.807, 2.05) is 43.3 Å². The number of rotatable bonds is 4. The van der Waals surface area contributed by atoms with E-state index in [4.69, 9.17) is 9.15 Å². The van der Waals surface area contributed by atoms with Gasteiger partial charge >= 0.3 is 5.63 Å². The van der Waals surface area contributed by atoms with Gasteiger partial charge in [-0.05, 0) is 30.0 Å². The van der Waals surface area contributed by atoms with Crippen LogP contribution in [0.15, 0.2) is 57.7 Å². The van der Waals surface area contributed by atoms with Crippen molar-refractivity contribution in [3.05, 3.63) is 64.5 Å². The quantitative estimate of drug-likeness (QED) is 0.650. The van der Waals surface area contributed by atoms with Crippen LogP contribution in [0.25, 0.3) is 22.1 Å². The lowest BCUT2D eigenvalue weighted by atomic mass is 9.98. The minimum Gasteiger partial charge on any atom is -0.493 e. The predicted molar refractivity (Wildman–Crippen MR) is 93.0 cm³/mol. The van der Waals surface area contributed by atoms with Crippen LogP contribution in [0.1, 0.15) is 19.4 Å². The summed E-state index contributed by atoms with van der Waals surface area (Å²) in [4.78, 5) is 12.0. The highest BCUT2D eigenvalue weighted by atomic mass is 16.5. The van der Waals surface area contributed by atoms with Crippen molar-refractivity contribution in [2.75, 3.05) is 6.61 Å². The second kappa shape index (κ2) is 6.29. The van der Waals surface area contributed by atoms with Crippen LogP contribution in [-0.4, -0.2) is 6.61 Å². The number of ether oxygens (including phenoxy) is 1. The van der Waals surface area contributed by atoms with Gasteiger partial charge in [-0.1, -0.05) is 44.2 Å². The molecule has 0 aliphatic carbocycles. The van der Waals surface area contributed by atoms with E-state index in [0.717, 1.165) is 27.8 Å². The molecular weight excluding hydrogens is 288 g/mol. The average Bonchev–Trinajstić information content (AvgIpc) is 2.52. The Balaban J connectivity index is 2.18. The number of fused-ring (bicyclic) bond motifs is 1. The molecule has 0 radical (unpaired) electrons. The molecule has 118 valence electrons. The summed E-state index contributed by atoms with van der Waals surface area (Å²) in [7, 11) is 0. The number of benzene rings is 2. The molecule has 3 aromatic rings. The van der Waals surface area contributed by atoms with Crippen molar-refractivity contribution < 1.29 is 9.15 Å². The fraction of sp³-hybridized carbons (Fsp3) is 0.250. The molecule has 3 heteroatoms. The van der Waals surface area contributed by atoms with E-state index in [0.29, 0.717) is 18.1 Å². The lowest BCUT2D eigenvalue weighted by Gasteiger charge is -2.13. The first kappa shape index (κ1) is 15.3. The van der Waals surface area contributed by atoms with Crippen LogP contribution in [0, 0.1) is 12.8 Å². The summed E-state index contributed by atoms with van der Waals surface area (Å²) < 4.78 is 11.2. The molecule has 0 fully saturated rings. The molecule has 3 nitrogen and oxygen atoms in total. The van der Waals surface area contributed by atoms with Crippen molar-refractivity contribution in [1.82, 2.24) is 0 Å². The van der Waals surface area contributed by atoms with Crippen LogP contribution in [0.3, 0.4) is 0 Å². The molecule has 1 aromatic heterocycles. The fourth-order valence-corrected chi connectivity index (χ4v) is 2.67. The first-order valence-corrected chi connectivity index (χ1v) is 7.81. The standard InChI is InChI=1S/C20H20O3/c1-13(2)12-22-16-9-14(3)20-17(15-7-5-4-6-8-15)11-19(21)23-18(20)10-16/h4-11,13H,12H2,1-3H3. The zero-order valence-corrected chi connectivity index (χ0v) is 13.6. The summed E-state index contributed by atoms with van der Waals surface area (Å²) >= 11 is 0. The largest absolute Gasteiger partial charge is 0.493 e. The summed E-state index contributed by atoms with van der Waals surface area (Å²) in [6.45, 7) is 6.84. The molecule has 0 saturated heterocycles. The van der Waals surface area contributed by atoms with Gasteiger partial charge in [-0.25, -0.2) is 4.79 Å². The number of aryl methyl sites for hydroxylation is 1. The van der Waals surface area contributed by atoms with E-state index in [1.165, 1.54) is 0 Å². The average molecular weight is 308 g/mol. The Hall–Kier alpha value is -2.55. The van der Waals surface area contributed by atoms with Crippen LogP contribution in [0.4, 0.5) is 0 Å². The normalized spacial score (nSPS) is 11.1. The maximum Gasteiger partial charge on any atom is 0.336 e. The summed E-state index contributed by atoms with van der Waals surface area (Å²) in [5.74, 6) is 1.17. The Bertz CT molecular complexity index is 877. The Kier molecular flexibility index (Phi) is 4.20. The molecule has 1 heterocycles. The van der Waals surface area contributed by atoms with Gasteiger partial charge in [0, 0.05) is 23.1 Å². The minimum absolute atomic E-state index is 0.350. The fourth-order valence-electron chi connectivity index (χ4n) is 2.67. The Morgan fingerprint density at radius 2 is 1.83 bits per heavy atom. The lowest BCUT2D eigenvalue weighted by Crippen LogP contribution is -2.05. The lowest BCUT2D eigenvalue weighted by molar-refractivity contribution is 0.271. The van der Waals surface area contributed by atoms with E-state index in [1.54, 1.807) is 12.1 Å². The Labute approximate surface area is 135 Å². The van der Waals surface area contributed by atoms with E-state index < -0.39 is 0 Å². The molecule has 0 unspecified atom stereocenters. The molecular formula is C20H20O3. The maximum absolute atomic E-state index is 12.0. The third-order valence-electron chi connectivity index (χ3n) is 3.68. The first-order valence-electron chi connectivity index (χ1n) is 7.81. The SMILES string of the molecule is Cc1cc(OCC(C)C)cc2oc(=O)cc(-c3ccccc3)c12. The monoisotopic (exact) mass is 308 g/mol. The smallest absolute Gasteiger partial charge is 0.336 e. The molecule has 0 saturated carbocycles. The first-order chi connectivity index (χ1) is 11.0. The van der Waals surface area contributed by atoms with Gasteiger partial charge in [0.05, 0.1) is 6.61 Å². The van der Waals surface area contributed by atoms with E-state index in [9.17, 15) is 4.79 Å². The highest BCUT2D eigenvalue weighted by molar-refractivity contribution is 5.96. The maximum atomic E-state index is 12.0. The third kappa shape index (κ3) is 3.29. The Morgan fingerprint density at radius 3 is 2.52 bits per heavy atom. The third-order valence-corrected chi connectivity index (χ3v) is 3.68. The number of hydrogen-bond acceptors (Lipinski definition) is 3. The molecule has 3 rings (SSSR count). The van der Waals surface area contributed by atoms with Gasteiger partial charge in [-0.3, -0.25) is 0 Å². The molecule has 0 N–H and O–H groups in total. The van der Waals surface area contributed by atoms with Crippen molar-refractivity contribution >= 4 is 11.0 Å². The van der Waals surface area contributed by atoms with Gasteiger partial charge in [0.25, 0.3) is 0 Å². The summed E-state index contributed by atoms with van der Waals surface area (Å²) in [6, 6.07) is 15.2. The van der Waals surface area contributed by atoms with E-state index in [2.05, 4.69) is 13.8 Å². The molecule has 0 spiro atoms. The molecule has 0 aliphatic rings. The van der Waals surface area contributed by atoms with Crippen molar-refractivity contribution in [2.24, 2.45) is 5.92 Å². The predicted octanol–water partition coefficient (Wildman–Crippen LogP) is 4.80. The van der Waals surface area contributed by atoms with Crippen molar-refractivity contribution in [1.29, 1.82) is 0 Å². The molecule has 0 atom stereocenters. The van der Waals surface area contributed by atoms with Crippen LogP contribution in [0.2, 0.25) is 0 Å². The molecule has 0 aliphatic heterocycles. The highest BCUT2D eigenvalue weighted by Gasteiger charge is 2.12. The second-order valence-electron chi connectivity index (χ2n) is 6.16.